The molecule has 26 heavy (non-hydrogen) atoms. The molecule has 5 nitrogen and oxygen atoms in total. The van der Waals surface area contributed by atoms with Gasteiger partial charge in [0.25, 0.3) is 5.91 Å². The maximum Gasteiger partial charge on any atom is 0.339 e. The van der Waals surface area contributed by atoms with Gasteiger partial charge >= 0.3 is 5.97 Å². The second kappa shape index (κ2) is 6.68. The number of carboxylic acids is 1. The Morgan fingerprint density at radius 2 is 1.77 bits per heavy atom. The van der Waals surface area contributed by atoms with Crippen LogP contribution in [0.15, 0.2) is 24.3 Å². The number of thiophene rings is 1. The van der Waals surface area contributed by atoms with Crippen molar-refractivity contribution in [2.45, 2.75) is 45.4 Å². The van der Waals surface area contributed by atoms with Gasteiger partial charge in [0.05, 0.1) is 5.56 Å². The molecule has 3 rings (SSSR count). The lowest BCUT2D eigenvalue weighted by molar-refractivity contribution is -0.118. The maximum atomic E-state index is 12.6. The van der Waals surface area contributed by atoms with E-state index in [0.29, 0.717) is 29.0 Å². The number of aromatic carboxylic acids is 1. The highest BCUT2D eigenvalue weighted by Crippen LogP contribution is 2.37. The van der Waals surface area contributed by atoms with E-state index < -0.39 is 5.97 Å². The van der Waals surface area contributed by atoms with Gasteiger partial charge in [0.15, 0.2) is 0 Å². The summed E-state index contributed by atoms with van der Waals surface area (Å²) in [5.41, 5.74) is 2.38. The van der Waals surface area contributed by atoms with Gasteiger partial charge in [-0.15, -0.1) is 11.3 Å². The summed E-state index contributed by atoms with van der Waals surface area (Å²) in [5, 5.41) is 12.6. The number of carbonyl (C=O) groups is 3. The third kappa shape index (κ3) is 3.55. The zero-order valence-electron chi connectivity index (χ0n) is 15.0. The maximum absolute atomic E-state index is 12.6. The number of carboxylic acid groups (broad SMARTS) is 1. The van der Waals surface area contributed by atoms with Crippen molar-refractivity contribution in [2.24, 2.45) is 0 Å². The number of anilines is 1. The van der Waals surface area contributed by atoms with Gasteiger partial charge in [-0.2, -0.15) is 0 Å². The SMILES string of the molecule is CC(C)(C)c1ccc(C(=O)Nc2sc3c(c2C(=O)O)CCC(=O)C3)cc1. The number of hydrogen-bond donors (Lipinski definition) is 2. The fourth-order valence-corrected chi connectivity index (χ4v) is 4.33. The molecule has 136 valence electrons. The van der Waals surface area contributed by atoms with Gasteiger partial charge in [-0.05, 0) is 35.1 Å². The van der Waals surface area contributed by atoms with Gasteiger partial charge in [0, 0.05) is 23.3 Å². The monoisotopic (exact) mass is 371 g/mol. The molecule has 1 amide bonds. The summed E-state index contributed by atoms with van der Waals surface area (Å²) in [6.45, 7) is 6.29. The first-order valence-corrected chi connectivity index (χ1v) is 9.30. The van der Waals surface area contributed by atoms with Gasteiger partial charge in [-0.25, -0.2) is 4.79 Å². The number of amides is 1. The number of ketones is 1. The molecular formula is C20H21NO4S. The largest absolute Gasteiger partial charge is 0.478 e. The number of benzene rings is 1. The molecule has 1 aliphatic rings. The van der Waals surface area contributed by atoms with E-state index >= 15 is 0 Å². The van der Waals surface area contributed by atoms with Crippen LogP contribution in [0.2, 0.25) is 0 Å². The van der Waals surface area contributed by atoms with Crippen molar-refractivity contribution >= 4 is 34.0 Å². The fraction of sp³-hybridized carbons (Fsp3) is 0.350. The molecule has 2 aromatic rings. The number of Topliss-reactive ketones (excluding diaryl/α,β-unsaturated/α-hetero) is 1. The van der Waals surface area contributed by atoms with Crippen LogP contribution >= 0.6 is 11.3 Å². The van der Waals surface area contributed by atoms with E-state index in [2.05, 4.69) is 26.1 Å². The second-order valence-corrected chi connectivity index (χ2v) is 8.62. The minimum atomic E-state index is -1.07. The van der Waals surface area contributed by atoms with Crippen LogP contribution in [0.5, 0.6) is 0 Å². The van der Waals surface area contributed by atoms with Crippen LogP contribution in [-0.2, 0) is 23.1 Å². The Hall–Kier alpha value is -2.47. The van der Waals surface area contributed by atoms with Gasteiger partial charge in [-0.3, -0.25) is 9.59 Å². The Morgan fingerprint density at radius 1 is 1.12 bits per heavy atom. The second-order valence-electron chi connectivity index (χ2n) is 7.51. The van der Waals surface area contributed by atoms with E-state index in [4.69, 9.17) is 0 Å². The normalized spacial score (nSPS) is 14.0. The molecule has 0 saturated heterocycles. The van der Waals surface area contributed by atoms with Crippen molar-refractivity contribution < 1.29 is 19.5 Å². The van der Waals surface area contributed by atoms with E-state index in [-0.39, 0.29) is 29.1 Å². The third-order valence-electron chi connectivity index (χ3n) is 4.56. The number of fused-ring (bicyclic) bond motifs is 1. The molecular weight excluding hydrogens is 350 g/mol. The summed E-state index contributed by atoms with van der Waals surface area (Å²) >= 11 is 1.19. The third-order valence-corrected chi connectivity index (χ3v) is 5.70. The molecule has 0 spiro atoms. The lowest BCUT2D eigenvalue weighted by atomic mass is 9.87. The minimum Gasteiger partial charge on any atom is -0.478 e. The zero-order chi connectivity index (χ0) is 19.1. The smallest absolute Gasteiger partial charge is 0.339 e. The van der Waals surface area contributed by atoms with Crippen molar-refractivity contribution in [3.8, 4) is 0 Å². The summed E-state index contributed by atoms with van der Waals surface area (Å²) in [7, 11) is 0. The molecule has 0 atom stereocenters. The van der Waals surface area contributed by atoms with Crippen molar-refractivity contribution in [3.63, 3.8) is 0 Å². The minimum absolute atomic E-state index is 0.00910. The molecule has 1 aliphatic carbocycles. The number of nitrogens with one attached hydrogen (secondary N) is 1. The Balaban J connectivity index is 1.88. The van der Waals surface area contributed by atoms with E-state index in [1.807, 2.05) is 12.1 Å². The molecule has 0 bridgehead atoms. The highest BCUT2D eigenvalue weighted by Gasteiger charge is 2.28. The Morgan fingerprint density at radius 3 is 2.35 bits per heavy atom. The van der Waals surface area contributed by atoms with E-state index in [0.717, 1.165) is 10.4 Å². The topological polar surface area (TPSA) is 83.5 Å². The summed E-state index contributed by atoms with van der Waals surface area (Å²) in [6.07, 6.45) is 1.02. The Bertz CT molecular complexity index is 888. The number of rotatable bonds is 3. The molecule has 0 aliphatic heterocycles. The summed E-state index contributed by atoms with van der Waals surface area (Å²) in [6, 6.07) is 7.30. The average molecular weight is 371 g/mol. The molecule has 6 heteroatoms. The quantitative estimate of drug-likeness (QED) is 0.852. The Kier molecular flexibility index (Phi) is 4.71. The summed E-state index contributed by atoms with van der Waals surface area (Å²) in [5.74, 6) is -1.32. The Labute approximate surface area is 156 Å². The first-order valence-electron chi connectivity index (χ1n) is 8.48. The molecule has 2 N–H and O–H groups in total. The van der Waals surface area contributed by atoms with Crippen LogP contribution in [0.1, 0.15) is 63.9 Å². The highest BCUT2D eigenvalue weighted by molar-refractivity contribution is 7.17. The average Bonchev–Trinajstić information content (AvgIpc) is 2.91. The van der Waals surface area contributed by atoms with Crippen molar-refractivity contribution in [3.05, 3.63) is 51.4 Å². The van der Waals surface area contributed by atoms with Crippen molar-refractivity contribution in [2.75, 3.05) is 5.32 Å². The molecule has 0 unspecified atom stereocenters. The first-order chi connectivity index (χ1) is 12.2. The van der Waals surface area contributed by atoms with Crippen molar-refractivity contribution in [1.29, 1.82) is 0 Å². The fourth-order valence-electron chi connectivity index (χ4n) is 3.06. The zero-order valence-corrected chi connectivity index (χ0v) is 15.8. The molecule has 0 radical (unpaired) electrons. The molecule has 1 aromatic heterocycles. The summed E-state index contributed by atoms with van der Waals surface area (Å²) < 4.78 is 0. The van der Waals surface area contributed by atoms with Crippen LogP contribution in [0, 0.1) is 0 Å². The lowest BCUT2D eigenvalue weighted by Gasteiger charge is -2.19. The standard InChI is InChI=1S/C20H21NO4S/c1-20(2,3)12-6-4-11(5-7-12)17(23)21-18-16(19(24)25)14-9-8-13(22)10-15(14)26-18/h4-7H,8-10H2,1-3H3,(H,21,23)(H,24,25). The van der Waals surface area contributed by atoms with Crippen LogP contribution in [0.4, 0.5) is 5.00 Å². The predicted octanol–water partition coefficient (Wildman–Crippen LogP) is 4.05. The number of carbonyl (C=O) groups excluding carboxylic acids is 2. The van der Waals surface area contributed by atoms with Gasteiger partial charge in [0.1, 0.15) is 10.8 Å². The van der Waals surface area contributed by atoms with Crippen LogP contribution < -0.4 is 5.32 Å². The number of hydrogen-bond acceptors (Lipinski definition) is 4. The summed E-state index contributed by atoms with van der Waals surface area (Å²) in [4.78, 5) is 36.6. The highest BCUT2D eigenvalue weighted by atomic mass is 32.1. The molecule has 0 fully saturated rings. The first kappa shape index (κ1) is 18.3. The molecule has 0 saturated carbocycles. The van der Waals surface area contributed by atoms with Crippen LogP contribution in [0.3, 0.4) is 0 Å². The van der Waals surface area contributed by atoms with E-state index in [1.54, 1.807) is 12.1 Å². The van der Waals surface area contributed by atoms with Gasteiger partial charge in [0.2, 0.25) is 0 Å². The van der Waals surface area contributed by atoms with E-state index in [1.165, 1.54) is 11.3 Å². The molecule has 1 heterocycles. The predicted molar refractivity (Wildman–Crippen MR) is 101 cm³/mol. The van der Waals surface area contributed by atoms with Gasteiger partial charge < -0.3 is 10.4 Å². The van der Waals surface area contributed by atoms with Gasteiger partial charge in [-0.1, -0.05) is 32.9 Å². The lowest BCUT2D eigenvalue weighted by Crippen LogP contribution is -2.16. The molecule has 1 aromatic carbocycles. The van der Waals surface area contributed by atoms with E-state index in [9.17, 15) is 19.5 Å². The van der Waals surface area contributed by atoms with Crippen LogP contribution in [0.25, 0.3) is 0 Å². The van der Waals surface area contributed by atoms with Crippen molar-refractivity contribution in [1.82, 2.24) is 0 Å². The van der Waals surface area contributed by atoms with Crippen LogP contribution in [-0.4, -0.2) is 22.8 Å².